The summed E-state index contributed by atoms with van der Waals surface area (Å²) in [4.78, 5) is 27.0. The highest BCUT2D eigenvalue weighted by Gasteiger charge is 2.32. The highest BCUT2D eigenvalue weighted by Crippen LogP contribution is 2.27. The third-order valence-corrected chi connectivity index (χ3v) is 8.33. The molecule has 2 amide bonds. The monoisotopic (exact) mass is 473 g/mol. The van der Waals surface area contributed by atoms with Gasteiger partial charge < -0.3 is 14.6 Å². The number of nitrogens with zero attached hydrogens (tertiary/aromatic N) is 2. The van der Waals surface area contributed by atoms with Crippen LogP contribution in [0.25, 0.3) is 0 Å². The van der Waals surface area contributed by atoms with Crippen molar-refractivity contribution in [2.24, 2.45) is 17.8 Å². The highest BCUT2D eigenvalue weighted by molar-refractivity contribution is 7.89. The zero-order chi connectivity index (χ0) is 23.6. The van der Waals surface area contributed by atoms with E-state index in [4.69, 9.17) is 4.42 Å². The molecule has 178 valence electrons. The van der Waals surface area contributed by atoms with E-state index in [1.165, 1.54) is 6.26 Å². The Morgan fingerprint density at radius 3 is 2.21 bits per heavy atom. The number of benzene rings is 1. The molecular weight excluding hydrogens is 442 g/mol. The van der Waals surface area contributed by atoms with Gasteiger partial charge in [0.2, 0.25) is 15.9 Å². The number of sulfonamides is 1. The van der Waals surface area contributed by atoms with Gasteiger partial charge in [0, 0.05) is 37.8 Å². The van der Waals surface area contributed by atoms with Crippen molar-refractivity contribution in [3.63, 3.8) is 0 Å². The molecule has 2 aliphatic rings. The van der Waals surface area contributed by atoms with Crippen molar-refractivity contribution in [1.29, 1.82) is 0 Å². The summed E-state index contributed by atoms with van der Waals surface area (Å²) in [5.41, 5.74) is 0.563. The number of amides is 2. The van der Waals surface area contributed by atoms with Gasteiger partial charge in [-0.15, -0.1) is 0 Å². The first-order valence-corrected chi connectivity index (χ1v) is 12.9. The molecule has 1 aromatic carbocycles. The Labute approximate surface area is 195 Å². The fourth-order valence-electron chi connectivity index (χ4n) is 4.81. The second kappa shape index (κ2) is 9.69. The summed E-state index contributed by atoms with van der Waals surface area (Å²) >= 11 is 0. The van der Waals surface area contributed by atoms with Gasteiger partial charge in [0.15, 0.2) is 5.76 Å². The number of piperidine rings is 2. The molecule has 2 aliphatic heterocycles. The standard InChI is InChI=1S/C24H31N3O5S/c1-17-14-18(2)16-27(15-17)33(30,31)21-7-5-20(6-8-21)25-23(28)19-9-11-26(12-10-19)24(29)22-4-3-13-32-22/h3-8,13,17-19H,9-12,14-16H2,1-2H3,(H,25,28)/t17-,18-/m0/s1. The van der Waals surface area contributed by atoms with Crippen molar-refractivity contribution in [3.8, 4) is 0 Å². The molecule has 9 heteroatoms. The van der Waals surface area contributed by atoms with Crippen LogP contribution in [-0.2, 0) is 14.8 Å². The van der Waals surface area contributed by atoms with E-state index in [0.29, 0.717) is 62.3 Å². The number of hydrogen-bond acceptors (Lipinski definition) is 5. The number of nitrogens with one attached hydrogen (secondary N) is 1. The molecule has 0 unspecified atom stereocenters. The van der Waals surface area contributed by atoms with Crippen molar-refractivity contribution >= 4 is 27.5 Å². The topological polar surface area (TPSA) is 99.9 Å². The maximum atomic E-state index is 13.0. The highest BCUT2D eigenvalue weighted by atomic mass is 32.2. The molecule has 2 atom stereocenters. The van der Waals surface area contributed by atoms with E-state index in [1.807, 2.05) is 0 Å². The summed E-state index contributed by atoms with van der Waals surface area (Å²) < 4.78 is 32.8. The number of anilines is 1. The lowest BCUT2D eigenvalue weighted by atomic mass is 9.94. The molecular formula is C24H31N3O5S. The van der Waals surface area contributed by atoms with Crippen LogP contribution in [0.2, 0.25) is 0 Å². The zero-order valence-electron chi connectivity index (χ0n) is 19.1. The van der Waals surface area contributed by atoms with Crippen LogP contribution in [-0.4, -0.2) is 55.6 Å². The van der Waals surface area contributed by atoms with E-state index in [-0.39, 0.29) is 22.6 Å². The first-order chi connectivity index (χ1) is 15.7. The van der Waals surface area contributed by atoms with Gasteiger partial charge >= 0.3 is 0 Å². The minimum atomic E-state index is -3.55. The molecule has 4 rings (SSSR count). The Bertz CT molecular complexity index is 1060. The Hall–Kier alpha value is -2.65. The lowest BCUT2D eigenvalue weighted by Gasteiger charge is -2.34. The molecule has 1 aromatic heterocycles. The predicted octanol–water partition coefficient (Wildman–Crippen LogP) is 3.44. The maximum Gasteiger partial charge on any atom is 0.289 e. The van der Waals surface area contributed by atoms with E-state index in [9.17, 15) is 18.0 Å². The molecule has 2 saturated heterocycles. The number of likely N-dealkylation sites (tertiary alicyclic amines) is 1. The van der Waals surface area contributed by atoms with Crippen LogP contribution in [0.4, 0.5) is 5.69 Å². The van der Waals surface area contributed by atoms with E-state index >= 15 is 0 Å². The minimum Gasteiger partial charge on any atom is -0.459 e. The van der Waals surface area contributed by atoms with E-state index in [0.717, 1.165) is 6.42 Å². The summed E-state index contributed by atoms with van der Waals surface area (Å²) in [6, 6.07) is 9.70. The van der Waals surface area contributed by atoms with Gasteiger partial charge in [-0.3, -0.25) is 9.59 Å². The number of carbonyl (C=O) groups excluding carboxylic acids is 2. The Morgan fingerprint density at radius 2 is 1.64 bits per heavy atom. The number of rotatable bonds is 5. The summed E-state index contributed by atoms with van der Waals surface area (Å²) in [7, 11) is -3.55. The SMILES string of the molecule is C[C@H]1C[C@H](C)CN(S(=O)(=O)c2ccc(NC(=O)C3CCN(C(=O)c4ccco4)CC3)cc2)C1. The molecule has 1 N–H and O–H groups in total. The summed E-state index contributed by atoms with van der Waals surface area (Å²) in [6.07, 6.45) is 3.64. The second-order valence-electron chi connectivity index (χ2n) is 9.33. The first kappa shape index (κ1) is 23.5. The maximum absolute atomic E-state index is 13.0. The van der Waals surface area contributed by atoms with Crippen molar-refractivity contribution in [2.45, 2.75) is 38.0 Å². The quantitative estimate of drug-likeness (QED) is 0.717. The predicted molar refractivity (Wildman–Crippen MR) is 124 cm³/mol. The molecule has 2 fully saturated rings. The minimum absolute atomic E-state index is 0.116. The molecule has 8 nitrogen and oxygen atoms in total. The molecule has 33 heavy (non-hydrogen) atoms. The third-order valence-electron chi connectivity index (χ3n) is 6.48. The molecule has 0 radical (unpaired) electrons. The van der Waals surface area contributed by atoms with Gasteiger partial charge in [0.05, 0.1) is 11.2 Å². The lowest BCUT2D eigenvalue weighted by molar-refractivity contribution is -0.121. The largest absolute Gasteiger partial charge is 0.459 e. The fraction of sp³-hybridized carbons (Fsp3) is 0.500. The Morgan fingerprint density at radius 1 is 1.00 bits per heavy atom. The average Bonchev–Trinajstić information content (AvgIpc) is 3.33. The van der Waals surface area contributed by atoms with Crippen LogP contribution in [0, 0.1) is 17.8 Å². The summed E-state index contributed by atoms with van der Waals surface area (Å²) in [5, 5.41) is 2.89. The fourth-order valence-corrected chi connectivity index (χ4v) is 6.49. The van der Waals surface area contributed by atoms with Crippen LogP contribution in [0.3, 0.4) is 0 Å². The molecule has 0 aliphatic carbocycles. The number of hydrogen-bond donors (Lipinski definition) is 1. The van der Waals surface area contributed by atoms with Crippen LogP contribution >= 0.6 is 0 Å². The van der Waals surface area contributed by atoms with Crippen LogP contribution < -0.4 is 5.32 Å². The van der Waals surface area contributed by atoms with Crippen molar-refractivity contribution < 1.29 is 22.4 Å². The summed E-state index contributed by atoms with van der Waals surface area (Å²) in [5.74, 6) is 0.500. The van der Waals surface area contributed by atoms with Gasteiger partial charge in [0.1, 0.15) is 0 Å². The normalized spacial score (nSPS) is 22.8. The van der Waals surface area contributed by atoms with Crippen molar-refractivity contribution in [2.75, 3.05) is 31.5 Å². The van der Waals surface area contributed by atoms with Gasteiger partial charge in [-0.05, 0) is 67.5 Å². The Balaban J connectivity index is 1.33. The van der Waals surface area contributed by atoms with E-state index in [1.54, 1.807) is 45.6 Å². The molecule has 0 saturated carbocycles. The number of carbonyl (C=O) groups is 2. The van der Waals surface area contributed by atoms with E-state index < -0.39 is 10.0 Å². The number of furan rings is 1. The first-order valence-electron chi connectivity index (χ1n) is 11.5. The average molecular weight is 474 g/mol. The second-order valence-corrected chi connectivity index (χ2v) is 11.3. The zero-order valence-corrected chi connectivity index (χ0v) is 19.9. The van der Waals surface area contributed by atoms with Gasteiger partial charge in [-0.1, -0.05) is 13.8 Å². The Kier molecular flexibility index (Phi) is 6.90. The van der Waals surface area contributed by atoms with Crippen molar-refractivity contribution in [3.05, 3.63) is 48.4 Å². The smallest absolute Gasteiger partial charge is 0.289 e. The van der Waals surface area contributed by atoms with Gasteiger partial charge in [0.25, 0.3) is 5.91 Å². The molecule has 3 heterocycles. The van der Waals surface area contributed by atoms with Gasteiger partial charge in [-0.25, -0.2) is 8.42 Å². The lowest BCUT2D eigenvalue weighted by Crippen LogP contribution is -2.42. The van der Waals surface area contributed by atoms with Crippen molar-refractivity contribution in [1.82, 2.24) is 9.21 Å². The molecule has 0 spiro atoms. The third kappa shape index (κ3) is 5.30. The van der Waals surface area contributed by atoms with Crippen LogP contribution in [0.5, 0.6) is 0 Å². The summed E-state index contributed by atoms with van der Waals surface area (Å²) in [6.45, 7) is 6.20. The van der Waals surface area contributed by atoms with Gasteiger partial charge in [-0.2, -0.15) is 4.31 Å². The molecule has 0 bridgehead atoms. The van der Waals surface area contributed by atoms with E-state index in [2.05, 4.69) is 19.2 Å². The molecule has 2 aromatic rings. The van der Waals surface area contributed by atoms with Crippen LogP contribution in [0.1, 0.15) is 43.7 Å². The van der Waals surface area contributed by atoms with Crippen LogP contribution in [0.15, 0.2) is 52.0 Å².